The number of aryl methyl sites for hydroxylation is 1. The minimum Gasteiger partial charge on any atom is -0.496 e. The van der Waals surface area contributed by atoms with E-state index < -0.39 is 142 Å². The van der Waals surface area contributed by atoms with E-state index in [1.54, 1.807) is 30.3 Å². The highest BCUT2D eigenvalue weighted by Crippen LogP contribution is 2.49. The van der Waals surface area contributed by atoms with Gasteiger partial charge in [0.2, 0.25) is 0 Å². The Labute approximate surface area is 739 Å². The summed E-state index contributed by atoms with van der Waals surface area (Å²) < 4.78 is 277. The van der Waals surface area contributed by atoms with Gasteiger partial charge in [-0.15, -0.1) is 0 Å². The first-order valence-electron chi connectivity index (χ1n) is 41.9. The van der Waals surface area contributed by atoms with E-state index in [-0.39, 0.29) is 63.8 Å². The summed E-state index contributed by atoms with van der Waals surface area (Å²) in [6.07, 6.45) is -30.6. The smallest absolute Gasteiger partial charge is 0.416 e. The van der Waals surface area contributed by atoms with Crippen LogP contribution in [0.1, 0.15) is 161 Å². The third-order valence-corrected chi connectivity index (χ3v) is 23.8. The van der Waals surface area contributed by atoms with Gasteiger partial charge in [-0.25, -0.2) is 29.3 Å². The molecular formula is C92H89F18N9O12. The van der Waals surface area contributed by atoms with Gasteiger partial charge < -0.3 is 58.4 Å². The molecule has 3 amide bonds. The number of benzene rings is 6. The Morgan fingerprint density at radius 2 is 0.649 bits per heavy atom. The maximum atomic E-state index is 13.6. The van der Waals surface area contributed by atoms with Gasteiger partial charge in [-0.05, 0) is 233 Å². The van der Waals surface area contributed by atoms with E-state index in [9.17, 15) is 109 Å². The fourth-order valence-corrected chi connectivity index (χ4v) is 16.1. The van der Waals surface area contributed by atoms with Gasteiger partial charge in [0.05, 0.1) is 115 Å². The van der Waals surface area contributed by atoms with Crippen molar-refractivity contribution in [2.75, 3.05) is 81.4 Å². The molecule has 700 valence electrons. The van der Waals surface area contributed by atoms with E-state index in [1.165, 1.54) is 49.7 Å². The number of carbonyl (C=O) groups is 3. The van der Waals surface area contributed by atoms with E-state index in [0.29, 0.717) is 141 Å². The normalized spacial score (nSPS) is 19.4. The van der Waals surface area contributed by atoms with Crippen molar-refractivity contribution in [2.24, 2.45) is 0 Å². The van der Waals surface area contributed by atoms with Gasteiger partial charge in [0.1, 0.15) is 53.0 Å². The topological polar surface area (TPSA) is 225 Å². The lowest BCUT2D eigenvalue weighted by molar-refractivity contribution is -0.144. The summed E-state index contributed by atoms with van der Waals surface area (Å²) >= 11 is 0. The van der Waals surface area contributed by atoms with Gasteiger partial charge in [-0.3, -0.25) is 14.7 Å². The molecule has 7 aliphatic rings. The van der Waals surface area contributed by atoms with Crippen LogP contribution in [-0.4, -0.2) is 154 Å². The molecule has 6 aromatic carbocycles. The number of pyridine rings is 3. The van der Waals surface area contributed by atoms with E-state index in [1.807, 2.05) is 70.5 Å². The maximum Gasteiger partial charge on any atom is 0.416 e. The average molecular weight is 1850 g/mol. The molecule has 0 unspecified atom stereocenters. The van der Waals surface area contributed by atoms with Crippen LogP contribution in [-0.2, 0) is 90.4 Å². The molecule has 3 N–H and O–H groups in total. The average Bonchev–Trinajstić information content (AvgIpc) is 1.70. The zero-order valence-electron chi connectivity index (χ0n) is 70.9. The molecular weight excluding hydrogens is 1770 g/mol. The van der Waals surface area contributed by atoms with Gasteiger partial charge in [0, 0.05) is 85.9 Å². The van der Waals surface area contributed by atoms with Crippen molar-refractivity contribution < 1.29 is 137 Å². The van der Waals surface area contributed by atoms with Crippen LogP contribution in [0.4, 0.5) is 111 Å². The number of ether oxygens (including phenoxy) is 6. The lowest BCUT2D eigenvalue weighted by atomic mass is 9.96. The van der Waals surface area contributed by atoms with E-state index in [2.05, 4.69) is 4.90 Å². The van der Waals surface area contributed by atoms with Crippen LogP contribution in [0.15, 0.2) is 146 Å². The zero-order valence-corrected chi connectivity index (χ0v) is 70.9. The van der Waals surface area contributed by atoms with Crippen molar-refractivity contribution in [1.29, 1.82) is 0 Å². The number of methoxy groups -OCH3 is 2. The van der Waals surface area contributed by atoms with Crippen molar-refractivity contribution in [3.63, 3.8) is 0 Å². The molecule has 9 aromatic rings. The molecule has 1 saturated carbocycles. The van der Waals surface area contributed by atoms with E-state index in [0.717, 1.165) is 88.1 Å². The summed E-state index contributed by atoms with van der Waals surface area (Å²) in [7, 11) is 2.98. The number of nitrogens with zero attached hydrogens (tertiary/aromatic N) is 9. The first-order valence-corrected chi connectivity index (χ1v) is 41.9. The van der Waals surface area contributed by atoms with Crippen molar-refractivity contribution >= 4 is 35.7 Å². The minimum absolute atomic E-state index is 0.0272. The second kappa shape index (κ2) is 38.1. The molecule has 7 fully saturated rings. The molecule has 0 spiro atoms. The Bertz CT molecular complexity index is 5580. The quantitative estimate of drug-likeness (QED) is 0.0357. The van der Waals surface area contributed by atoms with Crippen LogP contribution in [0.5, 0.6) is 17.2 Å². The van der Waals surface area contributed by atoms with E-state index >= 15 is 0 Å². The fraction of sp³-hybridized carbons (Fsp3) is 0.413. The van der Waals surface area contributed by atoms with Gasteiger partial charge in [0.15, 0.2) is 0 Å². The summed E-state index contributed by atoms with van der Waals surface area (Å²) in [5, 5.41) is 28.5. The standard InChI is InChI=1S/C33H33F6N3O4.C30H29F6N3O4.C29H27F6N3O4/c1-19-30(21-15-22(32(34,35)36)17-23(16-21)33(37,38)39)46-31(44)42(19)18-27-25(8-10-29(40-27)41-11-3-12-41)26-14-20(4-2-13-43)5-9-28(26)45-24-6-7-24;1-17-27(19-13-20(29(31,32)33)15-21(14-19)30(34,35)36)43-28(41)39(17)16-24-22(5-7-26(37-24)38-9-3-10-38)23-12-18(8-11-40)4-6-25(23)42-2;1-16-26(18-11-19(28(30,31)32)13-20(12-18)29(33,34)35)42-27(40)38(16)14-23-21(5-7-25(36-23)37-8-3-9-37)22-10-17(15-39)4-6-24(22)41-2/h5,8-10,14-17,19,24,30,43H,2-4,6-7,11-13,18H2,1H3;4-7,12-15,17,27,40H,3,8-11,16H2,1-2H3;4-7,10-13,16,26,39H,3,8-9,14-15H2,1-2H3/t19-,30-;17-,27-;16-,26-/m000/s1. The molecule has 39 heteroatoms. The largest absolute Gasteiger partial charge is 0.496 e. The predicted molar refractivity (Wildman–Crippen MR) is 440 cm³/mol. The molecule has 6 aliphatic heterocycles. The molecule has 3 aromatic heterocycles. The highest BCUT2D eigenvalue weighted by molar-refractivity contribution is 5.80. The van der Waals surface area contributed by atoms with Gasteiger partial charge in [-0.1, -0.05) is 18.2 Å². The van der Waals surface area contributed by atoms with Crippen molar-refractivity contribution in [2.45, 2.75) is 178 Å². The highest BCUT2D eigenvalue weighted by Gasteiger charge is 2.49. The maximum absolute atomic E-state index is 13.6. The van der Waals surface area contributed by atoms with Crippen LogP contribution in [0, 0.1) is 0 Å². The van der Waals surface area contributed by atoms with Gasteiger partial charge >= 0.3 is 55.3 Å². The predicted octanol–water partition coefficient (Wildman–Crippen LogP) is 20.7. The van der Waals surface area contributed by atoms with Crippen molar-refractivity contribution in [1.82, 2.24) is 29.7 Å². The lowest BCUT2D eigenvalue weighted by Crippen LogP contribution is -2.38. The molecule has 6 atom stereocenters. The Hall–Kier alpha value is -12.0. The number of rotatable bonds is 25. The van der Waals surface area contributed by atoms with E-state index in [4.69, 9.17) is 43.4 Å². The number of aliphatic hydroxyl groups is 3. The number of hydrogen-bond acceptors (Lipinski definition) is 18. The van der Waals surface area contributed by atoms with Crippen molar-refractivity contribution in [3.8, 4) is 50.6 Å². The summed E-state index contributed by atoms with van der Waals surface area (Å²) in [6, 6.07) is 28.2. The zero-order chi connectivity index (χ0) is 94.3. The molecule has 0 radical (unpaired) electrons. The SMILES string of the molecule is COc1ccc(CCO)cc1-c1ccc(N2CCC2)nc1CN1C(=O)O[C@H](c2cc(C(F)(F)F)cc(C(F)(F)F)c2)[C@@H]1C.COc1ccc(CO)cc1-c1ccc(N2CCC2)nc1CN1C(=O)O[C@H](c2cc(C(F)(F)F)cc(C(F)(F)F)c2)[C@@H]1C.C[C@H]1[C@@H](c2cc(C(F)(F)F)cc(C(F)(F)F)c2)OC(=O)N1Cc1nc(N2CCC2)ccc1-c1cc(CCCO)ccc1OC1CC1. The lowest BCUT2D eigenvalue weighted by Gasteiger charge is -2.33. The number of hydrogen-bond donors (Lipinski definition) is 3. The van der Waals surface area contributed by atoms with Crippen LogP contribution in [0.25, 0.3) is 33.4 Å². The third kappa shape index (κ3) is 21.5. The van der Waals surface area contributed by atoms with Crippen molar-refractivity contribution in [3.05, 3.63) is 229 Å². The molecule has 6 saturated heterocycles. The number of alkyl halides is 18. The second-order valence-corrected chi connectivity index (χ2v) is 32.7. The minimum atomic E-state index is -5.04. The van der Waals surface area contributed by atoms with Crippen LogP contribution >= 0.6 is 0 Å². The Morgan fingerprint density at radius 3 is 0.916 bits per heavy atom. The summed E-state index contributed by atoms with van der Waals surface area (Å²) in [5.41, 5.74) is -2.57. The number of aromatic nitrogens is 3. The molecule has 9 heterocycles. The Morgan fingerprint density at radius 1 is 0.359 bits per heavy atom. The van der Waals surface area contributed by atoms with Crippen LogP contribution < -0.4 is 28.9 Å². The van der Waals surface area contributed by atoms with Gasteiger partial charge in [-0.2, -0.15) is 79.0 Å². The summed E-state index contributed by atoms with van der Waals surface area (Å²) in [5.74, 6) is 3.64. The van der Waals surface area contributed by atoms with Crippen LogP contribution in [0.2, 0.25) is 0 Å². The number of amides is 3. The summed E-state index contributed by atoms with van der Waals surface area (Å²) in [4.78, 5) is 63.8. The Balaban J connectivity index is 0.000000158. The molecule has 16 rings (SSSR count). The monoisotopic (exact) mass is 1850 g/mol. The molecule has 0 bridgehead atoms. The number of cyclic esters (lactones) is 3. The van der Waals surface area contributed by atoms with Crippen LogP contribution in [0.3, 0.4) is 0 Å². The molecule has 21 nitrogen and oxygen atoms in total. The Kier molecular flexibility index (Phi) is 27.6. The fourth-order valence-electron chi connectivity index (χ4n) is 16.1. The first kappa shape index (κ1) is 95.1. The number of halogens is 18. The number of carbonyl (C=O) groups excluding carboxylic acids is 3. The molecule has 131 heavy (non-hydrogen) atoms. The van der Waals surface area contributed by atoms with Gasteiger partial charge in [0.25, 0.3) is 0 Å². The number of aliphatic hydroxyl groups excluding tert-OH is 3. The summed E-state index contributed by atoms with van der Waals surface area (Å²) in [6.45, 7) is 8.63. The molecule has 1 aliphatic carbocycles. The second-order valence-electron chi connectivity index (χ2n) is 32.7. The first-order chi connectivity index (χ1) is 61.9. The number of anilines is 3. The third-order valence-electron chi connectivity index (χ3n) is 23.8. The highest BCUT2D eigenvalue weighted by atomic mass is 19.4.